The van der Waals surface area contributed by atoms with Crippen LogP contribution in [0.4, 0.5) is 29.3 Å². The molecule has 2 aliphatic heterocycles. The van der Waals surface area contributed by atoms with Crippen LogP contribution in [0.1, 0.15) is 12.0 Å². The Morgan fingerprint density at radius 3 is 2.24 bits per heavy atom. The van der Waals surface area contributed by atoms with Gasteiger partial charge >= 0.3 is 12.2 Å². The maximum absolute atomic E-state index is 13.0. The molecule has 3 amide bonds. The number of hydrogen-bond donors (Lipinski definition) is 2. The summed E-state index contributed by atoms with van der Waals surface area (Å²) in [5.74, 6) is 0.987. The third kappa shape index (κ3) is 5.14. The van der Waals surface area contributed by atoms with Gasteiger partial charge in [-0.05, 0) is 66.1 Å². The van der Waals surface area contributed by atoms with Gasteiger partial charge in [-0.15, -0.1) is 0 Å². The molecule has 0 atom stereocenters. The van der Waals surface area contributed by atoms with Crippen molar-refractivity contribution >= 4 is 23.3 Å². The Bertz CT molecular complexity index is 1340. The molecule has 5 rings (SSSR count). The molecule has 0 aromatic heterocycles. The van der Waals surface area contributed by atoms with Crippen molar-refractivity contribution < 1.29 is 32.2 Å². The van der Waals surface area contributed by atoms with E-state index in [4.69, 9.17) is 9.47 Å². The summed E-state index contributed by atoms with van der Waals surface area (Å²) >= 11 is 0. The maximum Gasteiger partial charge on any atom is 0.416 e. The fourth-order valence-electron chi connectivity index (χ4n) is 3.96. The number of urea groups is 1. The molecule has 0 fully saturated rings. The van der Waals surface area contributed by atoms with E-state index in [0.717, 1.165) is 35.4 Å². The number of amides is 3. The average Bonchev–Trinajstić information content (AvgIpc) is 3.33. The number of rotatable bonds is 4. The minimum atomic E-state index is -4.47. The number of hydrogen-bond acceptors (Lipinski definition) is 4. The largest absolute Gasteiger partial charge is 0.454 e. The summed E-state index contributed by atoms with van der Waals surface area (Å²) in [6.45, 7) is 0.634. The first-order valence-corrected chi connectivity index (χ1v) is 11.1. The van der Waals surface area contributed by atoms with Gasteiger partial charge in [0.05, 0.1) is 5.56 Å². The molecule has 0 aliphatic carbocycles. The second-order valence-electron chi connectivity index (χ2n) is 8.13. The molecule has 2 N–H and O–H groups in total. The van der Waals surface area contributed by atoms with Gasteiger partial charge < -0.3 is 25.0 Å². The molecule has 0 saturated carbocycles. The predicted molar refractivity (Wildman–Crippen MR) is 127 cm³/mol. The topological polar surface area (TPSA) is 79.9 Å². The summed E-state index contributed by atoms with van der Waals surface area (Å²) < 4.78 is 48.9. The quantitative estimate of drug-likeness (QED) is 0.367. The summed E-state index contributed by atoms with van der Waals surface area (Å²) in [5, 5.41) is 4.93. The molecular formula is C26H20F3LrN3O4. The zero-order valence-electron chi connectivity index (χ0n) is 19.0. The van der Waals surface area contributed by atoms with Crippen molar-refractivity contribution in [2.75, 3.05) is 23.6 Å². The van der Waals surface area contributed by atoms with Crippen molar-refractivity contribution in [2.24, 2.45) is 0 Å². The van der Waals surface area contributed by atoms with Gasteiger partial charge in [-0.3, -0.25) is 4.79 Å². The number of nitrogens with one attached hydrogen (secondary N) is 2. The Labute approximate surface area is 204 Å². The van der Waals surface area contributed by atoms with E-state index in [1.807, 2.05) is 42.5 Å². The minimum absolute atomic E-state index is 0. The van der Waals surface area contributed by atoms with Gasteiger partial charge in [0.25, 0.3) is 5.91 Å². The second kappa shape index (κ2) is 9.65. The molecule has 1 radical (unpaired) electrons. The van der Waals surface area contributed by atoms with Crippen LogP contribution in [0.15, 0.2) is 78.5 Å². The Hall–Kier alpha value is -5.47. The number of carbonyl (C=O) groups excluding carboxylic acids is 2. The number of halogens is 3. The van der Waals surface area contributed by atoms with Gasteiger partial charge in [0, 0.05) is 17.9 Å². The molecule has 199 valence electrons. The van der Waals surface area contributed by atoms with E-state index in [0.29, 0.717) is 30.2 Å². The van der Waals surface area contributed by atoms with Gasteiger partial charge in [0.1, 0.15) is 5.70 Å². The standard InChI is InChI=1S/C26H20F3N3O4.Lr/c27-26(28,29)18-6-8-19(9-7-18)30-25(34)31-21-2-1-13-32(24(21)33)20-10-3-16(4-11-20)17-5-12-22-23(14-17)36-15-35-22;/h2-12,14H,1,13,15H2,(H2,30,31,34);. The molecule has 3 aromatic rings. The fraction of sp³-hybridized carbons (Fsp3) is 0.154. The number of anilines is 2. The van der Waals surface area contributed by atoms with Crippen LogP contribution >= 0.6 is 0 Å². The van der Waals surface area contributed by atoms with Crippen molar-refractivity contribution in [3.8, 4) is 22.6 Å². The zero-order valence-corrected chi connectivity index (χ0v) is 21.2. The molecule has 0 bridgehead atoms. The van der Waals surface area contributed by atoms with E-state index in [1.165, 1.54) is 0 Å². The predicted octanol–water partition coefficient (Wildman–Crippen LogP) is 5.54. The van der Waals surface area contributed by atoms with Crippen LogP contribution in [0.5, 0.6) is 11.5 Å². The van der Waals surface area contributed by atoms with Crippen LogP contribution in [0.25, 0.3) is 11.1 Å². The first-order valence-electron chi connectivity index (χ1n) is 11.1. The molecule has 37 heavy (non-hydrogen) atoms. The van der Waals surface area contributed by atoms with E-state index in [2.05, 4.69) is 10.6 Å². The third-order valence-electron chi connectivity index (χ3n) is 5.78. The minimum Gasteiger partial charge on any atom is -0.454 e. The number of carbonyl (C=O) groups is 2. The average molecular weight is 757 g/mol. The Morgan fingerprint density at radius 2 is 1.54 bits per heavy atom. The molecule has 11 heteroatoms. The number of alkyl halides is 3. The Morgan fingerprint density at radius 1 is 0.865 bits per heavy atom. The Balaban J connectivity index is 0.00000320. The van der Waals surface area contributed by atoms with E-state index >= 15 is 0 Å². The molecule has 2 heterocycles. The summed E-state index contributed by atoms with van der Waals surface area (Å²) in [5.41, 5.74) is 1.98. The molecule has 3 aromatic carbocycles. The molecule has 0 saturated heterocycles. The number of benzene rings is 3. The number of fused-ring (bicyclic) bond motifs is 1. The van der Waals surface area contributed by atoms with Gasteiger partial charge in [-0.25, -0.2) is 4.79 Å². The number of nitrogens with zero attached hydrogens (tertiary/aromatic N) is 1. The summed E-state index contributed by atoms with van der Waals surface area (Å²) in [6, 6.07) is 16.4. The van der Waals surface area contributed by atoms with E-state index in [-0.39, 0.29) is 24.1 Å². The summed E-state index contributed by atoms with van der Waals surface area (Å²) in [7, 11) is 0. The molecule has 0 spiro atoms. The zero-order chi connectivity index (χ0) is 25.3. The van der Waals surface area contributed by atoms with Crippen LogP contribution in [0.2, 0.25) is 0 Å². The fourth-order valence-corrected chi connectivity index (χ4v) is 3.96. The van der Waals surface area contributed by atoms with Gasteiger partial charge in [0.15, 0.2) is 11.5 Å². The van der Waals surface area contributed by atoms with Crippen LogP contribution in [0, 0.1) is 0 Å². The van der Waals surface area contributed by atoms with Gasteiger partial charge in [0.2, 0.25) is 6.79 Å². The summed E-state index contributed by atoms with van der Waals surface area (Å²) in [4.78, 5) is 26.9. The SMILES string of the molecule is O=C(NC1=CCCN(c2ccc(-c3ccc4c(c3)OCO4)cc2)C1=O)Nc1ccc(C(F)(F)F)cc1.[Lr]. The van der Waals surface area contributed by atoms with Crippen LogP contribution in [0.3, 0.4) is 0 Å². The van der Waals surface area contributed by atoms with Crippen LogP contribution in [-0.2, 0) is 11.0 Å². The Kier molecular flexibility index (Phi) is 6.43. The summed E-state index contributed by atoms with van der Waals surface area (Å²) in [6.07, 6.45) is -2.33. The van der Waals surface area contributed by atoms with Crippen molar-refractivity contribution in [1.29, 1.82) is 0 Å². The molecule has 0 unspecified atom stereocenters. The molecule has 7 nitrogen and oxygen atoms in total. The smallest absolute Gasteiger partial charge is 0.416 e. The molecule has 2 aliphatic rings. The number of ether oxygens (including phenoxy) is 2. The maximum atomic E-state index is 13.0. The van der Waals surface area contributed by atoms with Crippen LogP contribution in [-0.4, -0.2) is 25.3 Å². The van der Waals surface area contributed by atoms with Gasteiger partial charge in [-0.1, -0.05) is 24.3 Å². The first-order chi connectivity index (χ1) is 17.3. The second-order valence-corrected chi connectivity index (χ2v) is 8.13. The van der Waals surface area contributed by atoms with E-state index in [9.17, 15) is 22.8 Å². The monoisotopic (exact) mass is 757 g/mol. The normalized spacial score (nSPS) is 14.5. The molecular weight excluding hydrogens is 737 g/mol. The van der Waals surface area contributed by atoms with E-state index in [1.54, 1.807) is 11.0 Å². The third-order valence-corrected chi connectivity index (χ3v) is 5.78. The first kappa shape index (κ1) is 24.6. The van der Waals surface area contributed by atoms with Crippen molar-refractivity contribution in [1.82, 2.24) is 5.32 Å². The van der Waals surface area contributed by atoms with Crippen molar-refractivity contribution in [3.05, 3.63) is 84.1 Å². The van der Waals surface area contributed by atoms with Gasteiger partial charge in [-0.2, -0.15) is 13.2 Å². The van der Waals surface area contributed by atoms with Crippen molar-refractivity contribution in [3.63, 3.8) is 0 Å². The van der Waals surface area contributed by atoms with E-state index < -0.39 is 17.8 Å². The van der Waals surface area contributed by atoms with Crippen LogP contribution < -0.4 is 25.0 Å². The van der Waals surface area contributed by atoms with Crippen molar-refractivity contribution in [2.45, 2.75) is 12.6 Å².